The molecule has 0 saturated carbocycles. The molecule has 0 aromatic carbocycles. The van der Waals surface area contributed by atoms with Crippen LogP contribution in [0.25, 0.3) is 0 Å². The van der Waals surface area contributed by atoms with Gasteiger partial charge in [0, 0.05) is 13.6 Å². The number of hydrogen-bond acceptors (Lipinski definition) is 4. The molecule has 1 heterocycles. The third-order valence-electron chi connectivity index (χ3n) is 3.31. The van der Waals surface area contributed by atoms with Gasteiger partial charge in [-0.25, -0.2) is 17.8 Å². The fraction of sp³-hybridized carbons (Fsp3) is 0.846. The van der Waals surface area contributed by atoms with Crippen molar-refractivity contribution >= 4 is 26.0 Å². The van der Waals surface area contributed by atoms with Crippen molar-refractivity contribution in [2.45, 2.75) is 63.3 Å². The van der Waals surface area contributed by atoms with Crippen LogP contribution in [-0.2, 0) is 17.1 Å². The van der Waals surface area contributed by atoms with Crippen LogP contribution in [0, 0.1) is 0 Å². The van der Waals surface area contributed by atoms with Crippen LogP contribution < -0.4 is 4.72 Å². The first-order valence-corrected chi connectivity index (χ1v) is 9.81. The van der Waals surface area contributed by atoms with Crippen molar-refractivity contribution in [3.8, 4) is 0 Å². The number of unbranched alkanes of at least 4 members (excludes halogenated alkanes) is 7. The van der Waals surface area contributed by atoms with Gasteiger partial charge >= 0.3 is 0 Å². The zero-order valence-electron chi connectivity index (χ0n) is 12.8. The summed E-state index contributed by atoms with van der Waals surface area (Å²) in [5, 5.41) is 7.43. The molecule has 0 saturated heterocycles. The Morgan fingerprint density at radius 1 is 1.10 bits per heavy atom. The summed E-state index contributed by atoms with van der Waals surface area (Å²) in [6, 6.07) is 0. The second kappa shape index (κ2) is 9.53. The zero-order valence-corrected chi connectivity index (χ0v) is 15.2. The summed E-state index contributed by atoms with van der Waals surface area (Å²) < 4.78 is 28.3. The lowest BCUT2D eigenvalue weighted by Crippen LogP contribution is -2.27. The van der Waals surface area contributed by atoms with Crippen molar-refractivity contribution in [2.24, 2.45) is 7.05 Å². The van der Waals surface area contributed by atoms with Gasteiger partial charge in [-0.2, -0.15) is 0 Å². The van der Waals surface area contributed by atoms with Gasteiger partial charge in [-0.05, 0) is 22.4 Å². The molecule has 21 heavy (non-hydrogen) atoms. The lowest BCUT2D eigenvalue weighted by molar-refractivity contribution is 0.547. The van der Waals surface area contributed by atoms with Crippen LogP contribution in [0.5, 0.6) is 0 Å². The van der Waals surface area contributed by atoms with Crippen LogP contribution in [0.1, 0.15) is 58.3 Å². The van der Waals surface area contributed by atoms with E-state index in [0.29, 0.717) is 6.54 Å². The van der Waals surface area contributed by atoms with E-state index in [1.807, 2.05) is 0 Å². The molecule has 0 aliphatic rings. The van der Waals surface area contributed by atoms with Gasteiger partial charge in [0.15, 0.2) is 4.60 Å². The van der Waals surface area contributed by atoms with Gasteiger partial charge in [0.05, 0.1) is 0 Å². The minimum Gasteiger partial charge on any atom is -0.235 e. The monoisotopic (exact) mass is 380 g/mol. The maximum absolute atomic E-state index is 12.1. The highest BCUT2D eigenvalue weighted by molar-refractivity contribution is 9.10. The molecule has 0 unspecified atom stereocenters. The molecule has 0 spiro atoms. The number of aromatic nitrogens is 3. The predicted octanol–water partition coefficient (Wildman–Crippen LogP) is 3.00. The van der Waals surface area contributed by atoms with Crippen LogP contribution in [0.4, 0.5) is 0 Å². The summed E-state index contributed by atoms with van der Waals surface area (Å²) in [5.41, 5.74) is 0. The van der Waals surface area contributed by atoms with Gasteiger partial charge in [0.1, 0.15) is 0 Å². The Balaban J connectivity index is 2.21. The molecule has 8 heteroatoms. The van der Waals surface area contributed by atoms with Crippen molar-refractivity contribution < 1.29 is 8.42 Å². The van der Waals surface area contributed by atoms with E-state index in [-0.39, 0.29) is 9.63 Å². The highest BCUT2D eigenvalue weighted by Gasteiger charge is 2.22. The first kappa shape index (κ1) is 18.6. The Labute approximate surface area is 135 Å². The number of hydrogen-bond donors (Lipinski definition) is 1. The van der Waals surface area contributed by atoms with E-state index in [1.165, 1.54) is 43.2 Å². The summed E-state index contributed by atoms with van der Waals surface area (Å²) in [7, 11) is -1.98. The Morgan fingerprint density at radius 2 is 1.67 bits per heavy atom. The lowest BCUT2D eigenvalue weighted by atomic mass is 10.1. The molecule has 0 amide bonds. The predicted molar refractivity (Wildman–Crippen MR) is 86.5 cm³/mol. The number of sulfonamides is 1. The van der Waals surface area contributed by atoms with Crippen molar-refractivity contribution in [1.82, 2.24) is 19.7 Å². The van der Waals surface area contributed by atoms with Gasteiger partial charge in [0.2, 0.25) is 5.03 Å². The molecule has 6 nitrogen and oxygen atoms in total. The Kier molecular flexibility index (Phi) is 8.43. The molecule has 1 aromatic heterocycles. The van der Waals surface area contributed by atoms with Gasteiger partial charge in [0.25, 0.3) is 10.0 Å². The van der Waals surface area contributed by atoms with E-state index in [4.69, 9.17) is 0 Å². The minimum absolute atomic E-state index is 0.0714. The van der Waals surface area contributed by atoms with Gasteiger partial charge < -0.3 is 0 Å². The Hall–Kier alpha value is -0.470. The number of nitrogens with zero attached hydrogens (tertiary/aromatic N) is 3. The third-order valence-corrected chi connectivity index (χ3v) is 5.66. The highest BCUT2D eigenvalue weighted by Crippen LogP contribution is 2.17. The first-order chi connectivity index (χ1) is 9.99. The molecule has 122 valence electrons. The molecule has 0 fully saturated rings. The number of halogens is 1. The normalized spacial score (nSPS) is 12.0. The second-order valence-electron chi connectivity index (χ2n) is 5.18. The standard InChI is InChI=1S/C13H25BrN4O2S/c1-3-4-5-6-7-8-9-10-11-15-21(19,20)13-12(14)16-17-18(13)2/h15H,3-11H2,1-2H3. The molecule has 0 bridgehead atoms. The van der Waals surface area contributed by atoms with E-state index in [2.05, 4.69) is 37.9 Å². The summed E-state index contributed by atoms with van der Waals surface area (Å²) in [4.78, 5) is 0. The average Bonchev–Trinajstić information content (AvgIpc) is 2.77. The summed E-state index contributed by atoms with van der Waals surface area (Å²) in [5.74, 6) is 0. The summed E-state index contributed by atoms with van der Waals surface area (Å²) in [6.45, 7) is 2.66. The Bertz CT molecular complexity index is 497. The van der Waals surface area contributed by atoms with E-state index in [9.17, 15) is 8.42 Å². The van der Waals surface area contributed by atoms with Gasteiger partial charge in [-0.1, -0.05) is 57.1 Å². The van der Waals surface area contributed by atoms with E-state index in [0.717, 1.165) is 12.8 Å². The molecule has 1 rings (SSSR count). The molecule has 0 aliphatic heterocycles. The largest absolute Gasteiger partial charge is 0.260 e. The molecular formula is C13H25BrN4O2S. The van der Waals surface area contributed by atoms with E-state index >= 15 is 0 Å². The van der Waals surface area contributed by atoms with Crippen LogP contribution in [0.2, 0.25) is 0 Å². The smallest absolute Gasteiger partial charge is 0.235 e. The highest BCUT2D eigenvalue weighted by atomic mass is 79.9. The van der Waals surface area contributed by atoms with Gasteiger partial charge in [-0.3, -0.25) is 0 Å². The van der Waals surface area contributed by atoms with Crippen molar-refractivity contribution in [1.29, 1.82) is 0 Å². The molecule has 0 aliphatic carbocycles. The van der Waals surface area contributed by atoms with Crippen molar-refractivity contribution in [2.75, 3.05) is 6.54 Å². The van der Waals surface area contributed by atoms with Crippen LogP contribution >= 0.6 is 15.9 Å². The molecule has 0 radical (unpaired) electrons. The van der Waals surface area contributed by atoms with Crippen molar-refractivity contribution in [3.63, 3.8) is 0 Å². The SMILES string of the molecule is CCCCCCCCCCNS(=O)(=O)c1c(Br)nnn1C. The lowest BCUT2D eigenvalue weighted by Gasteiger charge is -2.06. The van der Waals surface area contributed by atoms with Crippen LogP contribution in [0.15, 0.2) is 9.63 Å². The third kappa shape index (κ3) is 6.44. The van der Waals surface area contributed by atoms with Gasteiger partial charge in [-0.15, -0.1) is 5.10 Å². The maximum Gasteiger partial charge on any atom is 0.260 e. The van der Waals surface area contributed by atoms with Crippen LogP contribution in [-0.4, -0.2) is 30.0 Å². The molecule has 1 N–H and O–H groups in total. The summed E-state index contributed by atoms with van der Waals surface area (Å²) >= 11 is 3.10. The average molecular weight is 381 g/mol. The number of aryl methyl sites for hydroxylation is 1. The second-order valence-corrected chi connectivity index (χ2v) is 7.62. The molecular weight excluding hydrogens is 356 g/mol. The van der Waals surface area contributed by atoms with Crippen LogP contribution in [0.3, 0.4) is 0 Å². The topological polar surface area (TPSA) is 76.9 Å². The van der Waals surface area contributed by atoms with Crippen molar-refractivity contribution in [3.05, 3.63) is 4.60 Å². The summed E-state index contributed by atoms with van der Waals surface area (Å²) in [6.07, 6.45) is 9.49. The number of rotatable bonds is 11. The number of nitrogens with one attached hydrogen (secondary N) is 1. The maximum atomic E-state index is 12.1. The fourth-order valence-corrected chi connectivity index (χ4v) is 4.31. The fourth-order valence-electron chi connectivity index (χ4n) is 2.14. The Morgan fingerprint density at radius 3 is 2.19 bits per heavy atom. The zero-order chi connectivity index (χ0) is 15.7. The van der Waals surface area contributed by atoms with E-state index in [1.54, 1.807) is 7.05 Å². The molecule has 1 aromatic rings. The first-order valence-electron chi connectivity index (χ1n) is 7.54. The quantitative estimate of drug-likeness (QED) is 0.598. The minimum atomic E-state index is -3.54. The molecule has 0 atom stereocenters. The van der Waals surface area contributed by atoms with E-state index < -0.39 is 10.0 Å².